The lowest BCUT2D eigenvalue weighted by molar-refractivity contribution is 0.486. The van der Waals surface area contributed by atoms with Crippen molar-refractivity contribution in [3.8, 4) is 11.4 Å². The number of hydrogen-bond donors (Lipinski definition) is 0. The summed E-state index contributed by atoms with van der Waals surface area (Å²) in [6, 6.07) is 10.9. The zero-order chi connectivity index (χ0) is 16.4. The highest BCUT2D eigenvalue weighted by molar-refractivity contribution is 7.87. The SMILES string of the molecule is Cc1ccc(S(=O)(=O)Oc2ccc(-n3cnnn3)cc2)c(Cl)c1. The van der Waals surface area contributed by atoms with Crippen LogP contribution in [0.3, 0.4) is 0 Å². The third kappa shape index (κ3) is 3.33. The van der Waals surface area contributed by atoms with Crippen LogP contribution in [0.5, 0.6) is 5.75 Å². The Labute approximate surface area is 137 Å². The standard InChI is InChI=1S/C14H11ClN4O3S/c1-10-2-7-14(13(15)8-10)23(20,21)22-12-5-3-11(4-6-12)19-9-16-17-18-19/h2-9H,1H3. The lowest BCUT2D eigenvalue weighted by Crippen LogP contribution is -2.10. The van der Waals surface area contributed by atoms with Gasteiger partial charge in [-0.05, 0) is 59.3 Å². The molecule has 7 nitrogen and oxygen atoms in total. The molecule has 0 N–H and O–H groups in total. The molecule has 0 fully saturated rings. The zero-order valence-corrected chi connectivity index (χ0v) is 13.5. The van der Waals surface area contributed by atoms with Crippen LogP contribution in [-0.2, 0) is 10.1 Å². The van der Waals surface area contributed by atoms with E-state index in [1.54, 1.807) is 24.3 Å². The van der Waals surface area contributed by atoms with Gasteiger partial charge >= 0.3 is 10.1 Å². The van der Waals surface area contributed by atoms with Gasteiger partial charge in [-0.3, -0.25) is 0 Å². The van der Waals surface area contributed by atoms with Gasteiger partial charge in [0.2, 0.25) is 0 Å². The minimum atomic E-state index is -4.01. The number of aromatic nitrogens is 4. The Morgan fingerprint density at radius 2 is 1.87 bits per heavy atom. The summed E-state index contributed by atoms with van der Waals surface area (Å²) in [5, 5.41) is 10.9. The Bertz CT molecular complexity index is 925. The van der Waals surface area contributed by atoms with Gasteiger partial charge in [0.25, 0.3) is 0 Å². The van der Waals surface area contributed by atoms with Crippen LogP contribution >= 0.6 is 11.6 Å². The second kappa shape index (κ2) is 5.98. The van der Waals surface area contributed by atoms with Crippen LogP contribution < -0.4 is 4.18 Å². The Hall–Kier alpha value is -2.45. The fourth-order valence-electron chi connectivity index (χ4n) is 1.91. The van der Waals surface area contributed by atoms with Crippen molar-refractivity contribution in [1.29, 1.82) is 0 Å². The predicted octanol–water partition coefficient (Wildman–Crippen LogP) is 2.39. The first-order valence-corrected chi connectivity index (χ1v) is 8.28. The second-order valence-electron chi connectivity index (χ2n) is 4.72. The second-order valence-corrected chi connectivity index (χ2v) is 6.64. The molecular weight excluding hydrogens is 340 g/mol. The molecule has 0 spiro atoms. The monoisotopic (exact) mass is 350 g/mol. The molecule has 0 radical (unpaired) electrons. The molecule has 0 saturated carbocycles. The predicted molar refractivity (Wildman–Crippen MR) is 83.2 cm³/mol. The summed E-state index contributed by atoms with van der Waals surface area (Å²) in [4.78, 5) is -0.0747. The summed E-state index contributed by atoms with van der Waals surface area (Å²) in [6.07, 6.45) is 1.43. The number of benzene rings is 2. The van der Waals surface area contributed by atoms with E-state index < -0.39 is 10.1 Å². The minimum absolute atomic E-state index is 0.0747. The molecule has 0 amide bonds. The van der Waals surface area contributed by atoms with E-state index >= 15 is 0 Å². The number of tetrazole rings is 1. The molecule has 9 heteroatoms. The topological polar surface area (TPSA) is 87.0 Å². The van der Waals surface area contributed by atoms with E-state index in [0.29, 0.717) is 5.69 Å². The number of halogens is 1. The van der Waals surface area contributed by atoms with Crippen molar-refractivity contribution in [3.05, 3.63) is 59.4 Å². The van der Waals surface area contributed by atoms with Crippen LogP contribution in [0.2, 0.25) is 5.02 Å². The highest BCUT2D eigenvalue weighted by Crippen LogP contribution is 2.26. The van der Waals surface area contributed by atoms with Gasteiger partial charge < -0.3 is 4.18 Å². The summed E-state index contributed by atoms with van der Waals surface area (Å²) in [5.74, 6) is 0.165. The van der Waals surface area contributed by atoms with Crippen LogP contribution in [-0.4, -0.2) is 28.6 Å². The van der Waals surface area contributed by atoms with Crippen LogP contribution in [0.15, 0.2) is 53.7 Å². The lowest BCUT2D eigenvalue weighted by Gasteiger charge is -2.09. The first-order valence-electron chi connectivity index (χ1n) is 6.50. The molecule has 23 heavy (non-hydrogen) atoms. The number of nitrogens with zero attached hydrogens (tertiary/aromatic N) is 4. The molecule has 0 bridgehead atoms. The van der Waals surface area contributed by atoms with E-state index in [2.05, 4.69) is 15.5 Å². The Balaban J connectivity index is 1.86. The van der Waals surface area contributed by atoms with Crippen LogP contribution in [0.25, 0.3) is 5.69 Å². The zero-order valence-electron chi connectivity index (χ0n) is 11.9. The normalized spacial score (nSPS) is 11.4. The molecule has 1 aromatic heterocycles. The first kappa shape index (κ1) is 15.4. The number of hydrogen-bond acceptors (Lipinski definition) is 6. The van der Waals surface area contributed by atoms with E-state index in [4.69, 9.17) is 15.8 Å². The molecule has 0 unspecified atom stereocenters. The Morgan fingerprint density at radius 3 is 2.48 bits per heavy atom. The Morgan fingerprint density at radius 1 is 1.13 bits per heavy atom. The van der Waals surface area contributed by atoms with E-state index in [1.165, 1.54) is 29.2 Å². The van der Waals surface area contributed by atoms with Gasteiger partial charge in [0.05, 0.1) is 10.7 Å². The summed E-state index contributed by atoms with van der Waals surface area (Å²) >= 11 is 5.99. The van der Waals surface area contributed by atoms with Crippen molar-refractivity contribution >= 4 is 21.7 Å². The molecular formula is C14H11ClN4O3S. The molecule has 118 valence electrons. The maximum Gasteiger partial charge on any atom is 0.340 e. The van der Waals surface area contributed by atoms with Crippen molar-refractivity contribution in [1.82, 2.24) is 20.2 Å². The smallest absolute Gasteiger partial charge is 0.340 e. The van der Waals surface area contributed by atoms with Crippen molar-refractivity contribution in [2.24, 2.45) is 0 Å². The third-order valence-corrected chi connectivity index (χ3v) is 4.74. The molecule has 0 aliphatic rings. The largest absolute Gasteiger partial charge is 0.379 e. The van der Waals surface area contributed by atoms with E-state index in [1.807, 2.05) is 6.92 Å². The van der Waals surface area contributed by atoms with Crippen molar-refractivity contribution in [2.75, 3.05) is 0 Å². The molecule has 2 aromatic carbocycles. The van der Waals surface area contributed by atoms with Crippen molar-refractivity contribution in [3.63, 3.8) is 0 Å². The molecule has 0 aliphatic heterocycles. The quantitative estimate of drug-likeness (QED) is 0.671. The maximum absolute atomic E-state index is 12.3. The molecule has 3 rings (SSSR count). The van der Waals surface area contributed by atoms with Crippen LogP contribution in [0.4, 0.5) is 0 Å². The molecule has 0 saturated heterocycles. The number of rotatable bonds is 4. The van der Waals surface area contributed by atoms with E-state index in [-0.39, 0.29) is 15.7 Å². The molecule has 3 aromatic rings. The summed E-state index contributed by atoms with van der Waals surface area (Å²) in [5.41, 5.74) is 1.54. The van der Waals surface area contributed by atoms with Gasteiger partial charge in [-0.15, -0.1) is 5.10 Å². The third-order valence-electron chi connectivity index (χ3n) is 3.01. The van der Waals surface area contributed by atoms with Gasteiger partial charge in [-0.2, -0.15) is 8.42 Å². The van der Waals surface area contributed by atoms with Gasteiger partial charge in [0.1, 0.15) is 17.0 Å². The lowest BCUT2D eigenvalue weighted by atomic mass is 10.2. The molecule has 0 aliphatic carbocycles. The van der Waals surface area contributed by atoms with Crippen molar-refractivity contribution < 1.29 is 12.6 Å². The van der Waals surface area contributed by atoms with Crippen molar-refractivity contribution in [2.45, 2.75) is 11.8 Å². The fourth-order valence-corrected chi connectivity index (χ4v) is 3.42. The van der Waals surface area contributed by atoms with Gasteiger partial charge in [0, 0.05) is 0 Å². The maximum atomic E-state index is 12.3. The van der Waals surface area contributed by atoms with E-state index in [0.717, 1.165) is 5.56 Å². The molecule has 0 atom stereocenters. The highest BCUT2D eigenvalue weighted by Gasteiger charge is 2.20. The van der Waals surface area contributed by atoms with Gasteiger partial charge in [-0.25, -0.2) is 4.68 Å². The van der Waals surface area contributed by atoms with Crippen LogP contribution in [0.1, 0.15) is 5.56 Å². The summed E-state index contributed by atoms with van der Waals surface area (Å²) in [7, 11) is -4.01. The minimum Gasteiger partial charge on any atom is -0.379 e. The average Bonchev–Trinajstić information content (AvgIpc) is 3.01. The van der Waals surface area contributed by atoms with Gasteiger partial charge in [-0.1, -0.05) is 17.7 Å². The van der Waals surface area contributed by atoms with E-state index in [9.17, 15) is 8.42 Å². The number of aryl methyl sites for hydroxylation is 1. The fraction of sp³-hybridized carbons (Fsp3) is 0.0714. The highest BCUT2D eigenvalue weighted by atomic mass is 35.5. The summed E-state index contributed by atoms with van der Waals surface area (Å²) in [6.45, 7) is 1.82. The average molecular weight is 351 g/mol. The van der Waals surface area contributed by atoms with Crippen LogP contribution in [0, 0.1) is 6.92 Å². The molecule has 1 heterocycles. The first-order chi connectivity index (χ1) is 11.0. The Kier molecular flexibility index (Phi) is 4.01. The summed E-state index contributed by atoms with van der Waals surface area (Å²) < 4.78 is 31.2. The van der Waals surface area contributed by atoms with Gasteiger partial charge in [0.15, 0.2) is 0 Å².